The fraction of sp³-hybridized carbons (Fsp3) is 0.565. The van der Waals surface area contributed by atoms with Crippen molar-refractivity contribution in [1.82, 2.24) is 9.80 Å². The second-order valence-electron chi connectivity index (χ2n) is 8.54. The summed E-state index contributed by atoms with van der Waals surface area (Å²) in [5.41, 5.74) is 0.900. The summed E-state index contributed by atoms with van der Waals surface area (Å²) in [7, 11) is 1.39. The molecule has 1 aromatic carbocycles. The molecule has 0 bridgehead atoms. The van der Waals surface area contributed by atoms with Crippen LogP contribution in [0.1, 0.15) is 59.2 Å². The molecule has 4 rings (SSSR count). The number of likely N-dealkylation sites (tertiary alicyclic amines) is 1. The van der Waals surface area contributed by atoms with Crippen molar-refractivity contribution in [3.05, 3.63) is 35.4 Å². The van der Waals surface area contributed by atoms with Crippen LogP contribution in [0.2, 0.25) is 0 Å². The van der Waals surface area contributed by atoms with Gasteiger partial charge in [0.15, 0.2) is 0 Å². The van der Waals surface area contributed by atoms with Gasteiger partial charge >= 0.3 is 5.97 Å². The minimum absolute atomic E-state index is 0.0215. The highest BCUT2D eigenvalue weighted by molar-refractivity contribution is 6.21. The highest BCUT2D eigenvalue weighted by Crippen LogP contribution is 2.35. The number of benzene rings is 1. The van der Waals surface area contributed by atoms with Gasteiger partial charge in [-0.2, -0.15) is 0 Å². The predicted molar refractivity (Wildman–Crippen MR) is 109 cm³/mol. The van der Waals surface area contributed by atoms with Crippen LogP contribution in [-0.4, -0.2) is 60.2 Å². The van der Waals surface area contributed by atoms with Gasteiger partial charge in [0, 0.05) is 25.6 Å². The average Bonchev–Trinajstić information content (AvgIpc) is 3.03. The summed E-state index contributed by atoms with van der Waals surface area (Å²) in [6, 6.07) is 6.89. The van der Waals surface area contributed by atoms with Crippen molar-refractivity contribution in [2.24, 2.45) is 17.8 Å². The number of imide groups is 1. The Bertz CT molecular complexity index is 824. The Hall–Kier alpha value is -2.70. The number of piperidine rings is 1. The lowest BCUT2D eigenvalue weighted by atomic mass is 9.77. The minimum Gasteiger partial charge on any atom is -0.469 e. The number of hydrogen-bond donors (Lipinski definition) is 0. The normalized spacial score (nSPS) is 24.7. The number of hydrogen-bond acceptors (Lipinski definition) is 5. The van der Waals surface area contributed by atoms with Gasteiger partial charge in [-0.1, -0.05) is 25.0 Å². The zero-order valence-corrected chi connectivity index (χ0v) is 17.3. The second kappa shape index (κ2) is 8.58. The van der Waals surface area contributed by atoms with Gasteiger partial charge in [0.05, 0.1) is 24.2 Å². The monoisotopic (exact) mass is 412 g/mol. The van der Waals surface area contributed by atoms with Crippen LogP contribution in [0.5, 0.6) is 0 Å². The van der Waals surface area contributed by atoms with E-state index in [9.17, 15) is 19.2 Å². The second-order valence-corrected chi connectivity index (χ2v) is 8.54. The first-order valence-corrected chi connectivity index (χ1v) is 10.8. The van der Waals surface area contributed by atoms with Crippen molar-refractivity contribution in [3.63, 3.8) is 0 Å². The molecule has 0 N–H and O–H groups in total. The molecule has 3 amide bonds. The molecule has 1 aliphatic carbocycles. The Morgan fingerprint density at radius 3 is 2.17 bits per heavy atom. The quantitative estimate of drug-likeness (QED) is 0.560. The van der Waals surface area contributed by atoms with Gasteiger partial charge in [0.2, 0.25) is 5.91 Å². The smallest absolute Gasteiger partial charge is 0.308 e. The molecule has 7 heteroatoms. The lowest BCUT2D eigenvalue weighted by molar-refractivity contribution is -0.150. The molecule has 0 aromatic heterocycles. The van der Waals surface area contributed by atoms with Crippen molar-refractivity contribution < 1.29 is 23.9 Å². The summed E-state index contributed by atoms with van der Waals surface area (Å²) in [5.74, 6) is -0.968. The zero-order chi connectivity index (χ0) is 21.3. The third-order valence-corrected chi connectivity index (χ3v) is 6.86. The minimum atomic E-state index is -0.258. The molecule has 2 atom stereocenters. The maximum atomic E-state index is 13.3. The van der Waals surface area contributed by atoms with Crippen LogP contribution in [0, 0.1) is 17.8 Å². The molecule has 1 saturated carbocycles. The van der Waals surface area contributed by atoms with Crippen LogP contribution >= 0.6 is 0 Å². The number of rotatable bonds is 4. The van der Waals surface area contributed by atoms with E-state index in [1.807, 2.05) is 4.90 Å². The van der Waals surface area contributed by atoms with E-state index < -0.39 is 0 Å². The molecule has 160 valence electrons. The highest BCUT2D eigenvalue weighted by atomic mass is 16.5. The molecule has 30 heavy (non-hydrogen) atoms. The molecular formula is C23H28N2O5. The molecule has 0 radical (unpaired) electrons. The van der Waals surface area contributed by atoms with Gasteiger partial charge in [-0.25, -0.2) is 0 Å². The van der Waals surface area contributed by atoms with E-state index in [1.165, 1.54) is 12.0 Å². The average molecular weight is 412 g/mol. The number of nitrogens with zero attached hydrogens (tertiary/aromatic N) is 2. The van der Waals surface area contributed by atoms with E-state index >= 15 is 0 Å². The molecule has 2 fully saturated rings. The summed E-state index contributed by atoms with van der Waals surface area (Å²) in [4.78, 5) is 53.7. The van der Waals surface area contributed by atoms with Gasteiger partial charge < -0.3 is 9.64 Å². The first kappa shape index (κ1) is 20.6. The molecule has 3 aliphatic rings. The Balaban J connectivity index is 1.43. The fourth-order valence-corrected chi connectivity index (χ4v) is 5.13. The van der Waals surface area contributed by atoms with Crippen molar-refractivity contribution in [2.75, 3.05) is 26.7 Å². The number of esters is 1. The maximum Gasteiger partial charge on any atom is 0.308 e. The van der Waals surface area contributed by atoms with E-state index in [2.05, 4.69) is 0 Å². The molecule has 2 unspecified atom stereocenters. The third-order valence-electron chi connectivity index (χ3n) is 6.86. The number of carbonyl (C=O) groups is 4. The number of carbonyl (C=O) groups excluding carboxylic acids is 4. The summed E-state index contributed by atoms with van der Waals surface area (Å²) < 4.78 is 4.83. The molecular weight excluding hydrogens is 384 g/mol. The first-order valence-electron chi connectivity index (χ1n) is 10.8. The van der Waals surface area contributed by atoms with Crippen LogP contribution in [-0.2, 0) is 14.3 Å². The van der Waals surface area contributed by atoms with Crippen LogP contribution in [0.3, 0.4) is 0 Å². The first-order chi connectivity index (χ1) is 14.5. The Morgan fingerprint density at radius 1 is 0.967 bits per heavy atom. The third kappa shape index (κ3) is 3.73. The van der Waals surface area contributed by atoms with Gasteiger partial charge in [-0.3, -0.25) is 24.1 Å². The fourth-order valence-electron chi connectivity index (χ4n) is 5.13. The van der Waals surface area contributed by atoms with E-state index in [-0.39, 0.29) is 41.4 Å². The number of fused-ring (bicyclic) bond motifs is 1. The van der Waals surface area contributed by atoms with Crippen LogP contribution < -0.4 is 0 Å². The topological polar surface area (TPSA) is 84.0 Å². The molecule has 0 spiro atoms. The van der Waals surface area contributed by atoms with E-state index in [4.69, 9.17) is 4.74 Å². The van der Waals surface area contributed by atoms with Crippen molar-refractivity contribution in [1.29, 1.82) is 0 Å². The Kier molecular flexibility index (Phi) is 5.88. The van der Waals surface area contributed by atoms with Gasteiger partial charge in [-0.05, 0) is 43.7 Å². The predicted octanol–water partition coefficient (Wildman–Crippen LogP) is 2.50. The lowest BCUT2D eigenvalue weighted by Gasteiger charge is -2.38. The lowest BCUT2D eigenvalue weighted by Crippen LogP contribution is -2.47. The van der Waals surface area contributed by atoms with Crippen molar-refractivity contribution in [2.45, 2.75) is 38.5 Å². The van der Waals surface area contributed by atoms with Crippen molar-refractivity contribution >= 4 is 23.7 Å². The van der Waals surface area contributed by atoms with Crippen LogP contribution in [0.25, 0.3) is 0 Å². The van der Waals surface area contributed by atoms with Gasteiger partial charge in [-0.15, -0.1) is 0 Å². The standard InChI is InChI=1S/C23H28N2O5/c1-30-23(29)15-10-12-24(13-11-15)20(26)17-7-3-2-6-16(17)14-25-21(27)18-8-4-5-9-19(18)22(25)28/h4-5,8-9,15-17H,2-3,6-7,10-14H2,1H3. The van der Waals surface area contributed by atoms with Gasteiger partial charge in [0.1, 0.15) is 0 Å². The largest absolute Gasteiger partial charge is 0.469 e. The molecule has 7 nitrogen and oxygen atoms in total. The van der Waals surface area contributed by atoms with Crippen LogP contribution in [0.15, 0.2) is 24.3 Å². The molecule has 2 heterocycles. The summed E-state index contributed by atoms with van der Waals surface area (Å²) in [5, 5.41) is 0. The Morgan fingerprint density at radius 2 is 1.57 bits per heavy atom. The van der Waals surface area contributed by atoms with E-state index in [0.717, 1.165) is 25.7 Å². The zero-order valence-electron chi connectivity index (χ0n) is 17.3. The summed E-state index contributed by atoms with van der Waals surface area (Å²) >= 11 is 0. The van der Waals surface area contributed by atoms with Crippen LogP contribution in [0.4, 0.5) is 0 Å². The maximum absolute atomic E-state index is 13.3. The van der Waals surface area contributed by atoms with E-state index in [0.29, 0.717) is 43.6 Å². The highest BCUT2D eigenvalue weighted by Gasteiger charge is 2.41. The van der Waals surface area contributed by atoms with Gasteiger partial charge in [0.25, 0.3) is 11.8 Å². The number of amides is 3. The number of ether oxygens (including phenoxy) is 1. The molecule has 1 saturated heterocycles. The Labute approximate surface area is 176 Å². The van der Waals surface area contributed by atoms with E-state index in [1.54, 1.807) is 24.3 Å². The summed E-state index contributed by atoms with van der Waals surface area (Å²) in [6.45, 7) is 1.39. The molecule has 2 aliphatic heterocycles. The SMILES string of the molecule is COC(=O)C1CCN(C(=O)C2CCCCC2CN2C(=O)c3ccccc3C2=O)CC1. The molecule has 1 aromatic rings. The van der Waals surface area contributed by atoms with Crippen molar-refractivity contribution in [3.8, 4) is 0 Å². The summed E-state index contributed by atoms with van der Waals surface area (Å²) in [6.07, 6.45) is 4.84. The number of methoxy groups -OCH3 is 1.